The van der Waals surface area contributed by atoms with Crippen molar-refractivity contribution in [1.82, 2.24) is 47.9 Å². The summed E-state index contributed by atoms with van der Waals surface area (Å²) in [6, 6.07) is -1.77. The van der Waals surface area contributed by atoms with Crippen LogP contribution in [0.25, 0.3) is 0 Å². The molecule has 1 saturated carbocycles. The molecule has 2 fully saturated rings. The zero-order chi connectivity index (χ0) is 53.0. The second-order valence-corrected chi connectivity index (χ2v) is 18.6. The van der Waals surface area contributed by atoms with Crippen LogP contribution in [0.2, 0.25) is 0 Å². The normalized spacial score (nSPS) is 23.9. The Morgan fingerprint density at radius 3 is 2.04 bits per heavy atom. The number of amides is 11. The summed E-state index contributed by atoms with van der Waals surface area (Å²) >= 11 is 0. The van der Waals surface area contributed by atoms with E-state index in [0.717, 1.165) is 0 Å². The van der Waals surface area contributed by atoms with Crippen molar-refractivity contribution >= 4 is 71.3 Å². The molecular formula is C46H70N12O13. The molecule has 1 aliphatic heterocycles. The Kier molecular flexibility index (Phi) is 22.8. The highest BCUT2D eigenvalue weighted by Crippen LogP contribution is 2.41. The van der Waals surface area contributed by atoms with Gasteiger partial charge in [0.05, 0.1) is 19.5 Å². The van der Waals surface area contributed by atoms with E-state index in [0.29, 0.717) is 24.7 Å². The third kappa shape index (κ3) is 20.0. The maximum Gasteiger partial charge on any atom is 0.243 e. The van der Waals surface area contributed by atoms with Crippen LogP contribution >= 0.6 is 0 Å². The Balaban J connectivity index is 1.89. The number of rotatable bonds is 22. The molecule has 2 aliphatic rings. The highest BCUT2D eigenvalue weighted by molar-refractivity contribution is 5.98. The van der Waals surface area contributed by atoms with E-state index >= 15 is 0 Å². The van der Waals surface area contributed by atoms with E-state index in [4.69, 9.17) is 17.2 Å². The lowest BCUT2D eigenvalue weighted by Gasteiger charge is -2.31. The molecule has 16 N–H and O–H groups in total. The van der Waals surface area contributed by atoms with Gasteiger partial charge in [-0.3, -0.25) is 52.7 Å². The Labute approximate surface area is 411 Å². The van der Waals surface area contributed by atoms with Gasteiger partial charge in [0.1, 0.15) is 47.8 Å². The fourth-order valence-corrected chi connectivity index (χ4v) is 8.02. The van der Waals surface area contributed by atoms with Crippen molar-refractivity contribution in [2.75, 3.05) is 26.2 Å². The molecule has 0 bridgehead atoms. The molecule has 25 heteroatoms. The largest absolute Gasteiger partial charge is 0.508 e. The summed E-state index contributed by atoms with van der Waals surface area (Å²) in [6.07, 6.45) is -0.678. The molecule has 392 valence electrons. The minimum absolute atomic E-state index is 0.00673. The Morgan fingerprint density at radius 1 is 0.789 bits per heavy atom. The van der Waals surface area contributed by atoms with Gasteiger partial charge in [-0.05, 0) is 67.6 Å². The quantitative estimate of drug-likeness (QED) is 0.0490. The third-order valence-electron chi connectivity index (χ3n) is 12.1. The number of carbonyl (C=O) groups is 12. The van der Waals surface area contributed by atoms with Crippen LogP contribution in [-0.4, -0.2) is 138 Å². The fourth-order valence-electron chi connectivity index (χ4n) is 8.02. The third-order valence-corrected chi connectivity index (χ3v) is 12.1. The van der Waals surface area contributed by atoms with Crippen LogP contribution < -0.4 is 65.1 Å². The first-order chi connectivity index (χ1) is 33.5. The van der Waals surface area contributed by atoms with Crippen molar-refractivity contribution in [3.8, 4) is 5.75 Å². The summed E-state index contributed by atoms with van der Waals surface area (Å²) in [5.41, 5.74) is 15.2. The van der Waals surface area contributed by atoms with Crippen LogP contribution in [0.5, 0.6) is 5.75 Å². The van der Waals surface area contributed by atoms with Crippen molar-refractivity contribution in [3.05, 3.63) is 29.8 Å². The molecule has 71 heavy (non-hydrogen) atoms. The Bertz CT molecular complexity index is 2120. The zero-order valence-electron chi connectivity index (χ0n) is 40.6. The van der Waals surface area contributed by atoms with E-state index in [1.54, 1.807) is 13.8 Å². The zero-order valence-corrected chi connectivity index (χ0v) is 40.6. The highest BCUT2D eigenvalue weighted by Gasteiger charge is 2.45. The summed E-state index contributed by atoms with van der Waals surface area (Å²) < 4.78 is 0. The van der Waals surface area contributed by atoms with Gasteiger partial charge in [-0.25, -0.2) is 0 Å². The lowest BCUT2D eigenvalue weighted by Crippen LogP contribution is -2.61. The van der Waals surface area contributed by atoms with Crippen molar-refractivity contribution < 1.29 is 62.6 Å². The summed E-state index contributed by atoms with van der Waals surface area (Å²) in [4.78, 5) is 157. The average molecular weight is 999 g/mol. The molecule has 3 rings (SSSR count). The first-order valence-electron chi connectivity index (χ1n) is 23.6. The average Bonchev–Trinajstić information content (AvgIpc) is 4.08. The number of phenolic OH excluding ortho intramolecular Hbond substituents is 1. The van der Waals surface area contributed by atoms with Crippen LogP contribution in [0, 0.1) is 23.7 Å². The number of carbonyl (C=O) groups excluding carboxylic acids is 12. The van der Waals surface area contributed by atoms with Gasteiger partial charge >= 0.3 is 0 Å². The first kappa shape index (κ1) is 58.1. The lowest BCUT2D eigenvalue weighted by molar-refractivity contribution is -0.136. The molecule has 11 amide bonds. The van der Waals surface area contributed by atoms with Crippen LogP contribution in [0.1, 0.15) is 91.0 Å². The number of benzene rings is 1. The topological polar surface area (TPSA) is 411 Å². The maximum atomic E-state index is 14.0. The van der Waals surface area contributed by atoms with E-state index < -0.39 is 145 Å². The summed E-state index contributed by atoms with van der Waals surface area (Å²) in [5.74, 6) is -10.6. The minimum atomic E-state index is -1.76. The van der Waals surface area contributed by atoms with Crippen molar-refractivity contribution in [2.24, 2.45) is 40.9 Å². The van der Waals surface area contributed by atoms with Gasteiger partial charge in [0.25, 0.3) is 0 Å². The molecule has 9 atom stereocenters. The van der Waals surface area contributed by atoms with Gasteiger partial charge in [0.2, 0.25) is 65.0 Å². The van der Waals surface area contributed by atoms with E-state index in [1.807, 2.05) is 13.8 Å². The van der Waals surface area contributed by atoms with Crippen LogP contribution in [0.15, 0.2) is 24.3 Å². The van der Waals surface area contributed by atoms with E-state index in [1.165, 1.54) is 24.3 Å². The van der Waals surface area contributed by atoms with Gasteiger partial charge in [0, 0.05) is 38.3 Å². The maximum absolute atomic E-state index is 14.0. The van der Waals surface area contributed by atoms with Gasteiger partial charge in [-0.2, -0.15) is 0 Å². The predicted molar refractivity (Wildman–Crippen MR) is 253 cm³/mol. The van der Waals surface area contributed by atoms with Crippen LogP contribution in [0.3, 0.4) is 0 Å². The van der Waals surface area contributed by atoms with Gasteiger partial charge in [0.15, 0.2) is 0 Å². The number of aromatic hydroxyl groups is 1. The minimum Gasteiger partial charge on any atom is -0.508 e. The number of nitrogens with two attached hydrogens (primary N) is 3. The molecule has 0 radical (unpaired) electrons. The van der Waals surface area contributed by atoms with Gasteiger partial charge in [-0.15, -0.1) is 0 Å². The molecule has 1 heterocycles. The van der Waals surface area contributed by atoms with Crippen molar-refractivity contribution in [2.45, 2.75) is 128 Å². The fraction of sp³-hybridized carbons (Fsp3) is 0.609. The first-order valence-corrected chi connectivity index (χ1v) is 23.6. The van der Waals surface area contributed by atoms with E-state index in [9.17, 15) is 62.6 Å². The monoisotopic (exact) mass is 999 g/mol. The lowest BCUT2D eigenvalue weighted by atomic mass is 9.89. The number of primary amides is 3. The molecule has 1 aliphatic carbocycles. The molecule has 9 unspecified atom stereocenters. The van der Waals surface area contributed by atoms with Crippen LogP contribution in [-0.2, 0) is 64.0 Å². The summed E-state index contributed by atoms with van der Waals surface area (Å²) in [7, 11) is 0. The molecule has 1 aromatic rings. The van der Waals surface area contributed by atoms with Gasteiger partial charge in [-0.1, -0.05) is 46.2 Å². The number of hydrogen-bond acceptors (Lipinski definition) is 14. The molecule has 0 aromatic heterocycles. The Hall–Kier alpha value is -7.18. The smallest absolute Gasteiger partial charge is 0.243 e. The number of hydrogen-bond donors (Lipinski definition) is 13. The number of nitrogens with one attached hydrogen (secondary N) is 9. The molecule has 1 aromatic carbocycles. The highest BCUT2D eigenvalue weighted by atomic mass is 16.3. The Morgan fingerprint density at radius 2 is 1.44 bits per heavy atom. The van der Waals surface area contributed by atoms with Crippen molar-refractivity contribution in [1.29, 1.82) is 0 Å². The SMILES string of the molecule is CCC(C)C1NC(=O)C(Cc2ccc(O)cc2)NC(=O)CNC(=O)CCC(C(=O)NCCC2CC2C(=O)NC(C=O)(CNCC(N)=O)CC(C)C)NC(=O)C(CC(N)=O)NC(=O)C(CCC(N)=O)NC1=O. The second kappa shape index (κ2) is 27.9. The van der Waals surface area contributed by atoms with E-state index in [2.05, 4.69) is 47.9 Å². The summed E-state index contributed by atoms with van der Waals surface area (Å²) in [5, 5.41) is 33.0. The van der Waals surface area contributed by atoms with Crippen LogP contribution in [0.4, 0.5) is 0 Å². The number of aldehydes is 1. The summed E-state index contributed by atoms with van der Waals surface area (Å²) in [6.45, 7) is 6.20. The molecule has 0 spiro atoms. The van der Waals surface area contributed by atoms with E-state index in [-0.39, 0.29) is 62.9 Å². The standard InChI is InChI=1S/C46H70N12O13/c1-5-25(4)39-45(71)55-31(10-12-34(47)61)42(68)56-33(18-35(48)62)43(69)54-30(11-13-37(64)52-21-38(65)53-32(44(70)57-39)16-26-6-8-28(60)9-7-26)41(67)51-15-14-27-17-29(27)40(66)58-46(23-59,19-24(2)3)22-50-20-36(49)63/h6-9,23-25,27,29-33,39,50,60H,5,10-22H2,1-4H3,(H2,47,61)(H2,48,62)(H2,49,63)(H,51,67)(H,52,64)(H,53,65)(H,54,69)(H,55,71)(H,56,68)(H,57,70)(H,58,66). The predicted octanol–water partition coefficient (Wildman–Crippen LogP) is -4.23. The molecule has 1 saturated heterocycles. The van der Waals surface area contributed by atoms with Crippen molar-refractivity contribution in [3.63, 3.8) is 0 Å². The second-order valence-electron chi connectivity index (χ2n) is 18.6. The van der Waals surface area contributed by atoms with Gasteiger partial charge < -0.3 is 75.0 Å². The molecular weight excluding hydrogens is 929 g/mol. The number of phenols is 1. The molecule has 25 nitrogen and oxygen atoms in total.